The van der Waals surface area contributed by atoms with Crippen molar-refractivity contribution < 1.29 is 0 Å². The lowest BCUT2D eigenvalue weighted by Gasteiger charge is -2.14. The van der Waals surface area contributed by atoms with Gasteiger partial charge in [-0.1, -0.05) is 11.3 Å². The molecule has 7 heteroatoms. The SMILES string of the molecule is CNc1ccc2nc(Nc3cc(NC4CCNC4)cc(C)n3)sc2c1. The fraction of sp³-hybridized carbons (Fsp3) is 0.333. The maximum absolute atomic E-state index is 4.66. The minimum absolute atomic E-state index is 0.483. The molecule has 25 heavy (non-hydrogen) atoms. The van der Waals surface area contributed by atoms with Crippen LogP contribution in [-0.4, -0.2) is 36.1 Å². The second-order valence-corrected chi connectivity index (χ2v) is 7.32. The zero-order valence-electron chi connectivity index (χ0n) is 14.4. The van der Waals surface area contributed by atoms with Gasteiger partial charge in [0.15, 0.2) is 5.13 Å². The van der Waals surface area contributed by atoms with Crippen molar-refractivity contribution in [1.82, 2.24) is 15.3 Å². The van der Waals surface area contributed by atoms with E-state index in [4.69, 9.17) is 0 Å². The number of rotatable bonds is 5. The Kier molecular flexibility index (Phi) is 4.42. The predicted octanol–water partition coefficient (Wildman–Crippen LogP) is 3.56. The normalized spacial score (nSPS) is 17.0. The molecule has 6 nitrogen and oxygen atoms in total. The number of benzene rings is 1. The standard InChI is InChI=1S/C18H22N6S/c1-11-7-14(22-13-5-6-20-10-13)9-17(21-11)24-18-23-15-4-3-12(19-2)8-16(15)25-18/h3-4,7-9,13,19-20H,5-6,10H2,1-2H3,(H2,21,22,23,24). The van der Waals surface area contributed by atoms with Crippen molar-refractivity contribution in [3.05, 3.63) is 36.0 Å². The first-order chi connectivity index (χ1) is 12.2. The summed E-state index contributed by atoms with van der Waals surface area (Å²) in [7, 11) is 1.92. The topological polar surface area (TPSA) is 73.9 Å². The van der Waals surface area contributed by atoms with E-state index in [0.717, 1.165) is 57.7 Å². The van der Waals surface area contributed by atoms with Crippen molar-refractivity contribution in [3.8, 4) is 0 Å². The summed E-state index contributed by atoms with van der Waals surface area (Å²) in [6.07, 6.45) is 1.15. The highest BCUT2D eigenvalue weighted by Gasteiger charge is 2.14. The van der Waals surface area contributed by atoms with Gasteiger partial charge in [-0.3, -0.25) is 0 Å². The van der Waals surface area contributed by atoms with Gasteiger partial charge in [-0.25, -0.2) is 9.97 Å². The molecule has 0 aliphatic carbocycles. The van der Waals surface area contributed by atoms with Crippen molar-refractivity contribution in [2.45, 2.75) is 19.4 Å². The van der Waals surface area contributed by atoms with Crippen molar-refractivity contribution in [2.75, 3.05) is 36.1 Å². The zero-order valence-corrected chi connectivity index (χ0v) is 15.2. The van der Waals surface area contributed by atoms with Crippen LogP contribution in [0.3, 0.4) is 0 Å². The van der Waals surface area contributed by atoms with Crippen LogP contribution in [0.15, 0.2) is 30.3 Å². The lowest BCUT2D eigenvalue weighted by atomic mass is 10.2. The monoisotopic (exact) mass is 354 g/mol. The number of aryl methyl sites for hydroxylation is 1. The molecule has 4 N–H and O–H groups in total. The highest BCUT2D eigenvalue weighted by Crippen LogP contribution is 2.30. The Labute approximate surface area is 151 Å². The molecule has 3 aromatic rings. The van der Waals surface area contributed by atoms with Gasteiger partial charge in [0.05, 0.1) is 10.2 Å². The number of thiazole rings is 1. The Morgan fingerprint density at radius 1 is 1.16 bits per heavy atom. The summed E-state index contributed by atoms with van der Waals surface area (Å²) in [4.78, 5) is 9.25. The molecule has 1 aliphatic rings. The third-order valence-corrected chi connectivity index (χ3v) is 5.23. The molecule has 0 bridgehead atoms. The van der Waals surface area contributed by atoms with Crippen LogP contribution in [0, 0.1) is 6.92 Å². The Balaban J connectivity index is 1.56. The van der Waals surface area contributed by atoms with E-state index < -0.39 is 0 Å². The Morgan fingerprint density at radius 2 is 2.08 bits per heavy atom. The molecule has 130 valence electrons. The van der Waals surface area contributed by atoms with Gasteiger partial charge in [0.25, 0.3) is 0 Å². The van der Waals surface area contributed by atoms with Crippen LogP contribution in [-0.2, 0) is 0 Å². The largest absolute Gasteiger partial charge is 0.388 e. The van der Waals surface area contributed by atoms with Gasteiger partial charge < -0.3 is 21.3 Å². The minimum atomic E-state index is 0.483. The summed E-state index contributed by atoms with van der Waals surface area (Å²) in [5, 5.41) is 14.3. The number of nitrogens with zero attached hydrogens (tertiary/aromatic N) is 2. The number of hydrogen-bond donors (Lipinski definition) is 4. The lowest BCUT2D eigenvalue weighted by molar-refractivity contribution is 0.793. The fourth-order valence-electron chi connectivity index (χ4n) is 3.07. The van der Waals surface area contributed by atoms with Gasteiger partial charge in [0.2, 0.25) is 0 Å². The van der Waals surface area contributed by atoms with E-state index in [0.29, 0.717) is 6.04 Å². The Morgan fingerprint density at radius 3 is 2.88 bits per heavy atom. The first-order valence-corrected chi connectivity index (χ1v) is 9.32. The number of hydrogen-bond acceptors (Lipinski definition) is 7. The predicted molar refractivity (Wildman–Crippen MR) is 106 cm³/mol. The molecular formula is C18H22N6S. The molecule has 4 rings (SSSR count). The summed E-state index contributed by atoms with van der Waals surface area (Å²) < 4.78 is 1.15. The van der Waals surface area contributed by atoms with Crippen molar-refractivity contribution in [2.24, 2.45) is 0 Å². The average Bonchev–Trinajstić information content (AvgIpc) is 3.22. The van der Waals surface area contributed by atoms with Gasteiger partial charge in [0, 0.05) is 42.8 Å². The van der Waals surface area contributed by atoms with Crippen LogP contribution < -0.4 is 21.3 Å². The van der Waals surface area contributed by atoms with E-state index >= 15 is 0 Å². The quantitative estimate of drug-likeness (QED) is 0.561. The molecule has 1 saturated heterocycles. The lowest BCUT2D eigenvalue weighted by Crippen LogP contribution is -2.22. The van der Waals surface area contributed by atoms with Crippen LogP contribution in [0.5, 0.6) is 0 Å². The molecule has 3 heterocycles. The number of nitrogens with one attached hydrogen (secondary N) is 4. The fourth-order valence-corrected chi connectivity index (χ4v) is 3.98. The maximum Gasteiger partial charge on any atom is 0.189 e. The van der Waals surface area contributed by atoms with Crippen LogP contribution in [0.4, 0.5) is 22.3 Å². The highest BCUT2D eigenvalue weighted by molar-refractivity contribution is 7.22. The molecule has 1 atom stereocenters. The second-order valence-electron chi connectivity index (χ2n) is 6.29. The smallest absolute Gasteiger partial charge is 0.189 e. The highest BCUT2D eigenvalue weighted by atomic mass is 32.1. The van der Waals surface area contributed by atoms with Crippen LogP contribution in [0.1, 0.15) is 12.1 Å². The minimum Gasteiger partial charge on any atom is -0.388 e. The van der Waals surface area contributed by atoms with Crippen LogP contribution in [0.25, 0.3) is 10.2 Å². The summed E-state index contributed by atoms with van der Waals surface area (Å²) in [6, 6.07) is 10.8. The van der Waals surface area contributed by atoms with Crippen molar-refractivity contribution in [3.63, 3.8) is 0 Å². The molecule has 0 radical (unpaired) electrons. The molecule has 0 spiro atoms. The van der Waals surface area contributed by atoms with E-state index in [1.807, 2.05) is 26.1 Å². The van der Waals surface area contributed by atoms with Gasteiger partial charge in [-0.2, -0.15) is 0 Å². The van der Waals surface area contributed by atoms with E-state index in [9.17, 15) is 0 Å². The van der Waals surface area contributed by atoms with E-state index in [1.54, 1.807) is 11.3 Å². The summed E-state index contributed by atoms with van der Waals surface area (Å²) in [5.74, 6) is 0.821. The summed E-state index contributed by atoms with van der Waals surface area (Å²) in [6.45, 7) is 4.10. The zero-order chi connectivity index (χ0) is 17.2. The molecule has 1 aliphatic heterocycles. The van der Waals surface area contributed by atoms with Crippen molar-refractivity contribution >= 4 is 43.9 Å². The molecule has 2 aromatic heterocycles. The van der Waals surface area contributed by atoms with E-state index in [-0.39, 0.29) is 0 Å². The molecular weight excluding hydrogens is 332 g/mol. The summed E-state index contributed by atoms with van der Waals surface area (Å²) in [5.41, 5.74) is 4.17. The molecule has 1 fully saturated rings. The van der Waals surface area contributed by atoms with Crippen LogP contribution >= 0.6 is 11.3 Å². The number of anilines is 4. The number of pyridine rings is 1. The van der Waals surface area contributed by atoms with Crippen LogP contribution in [0.2, 0.25) is 0 Å². The average molecular weight is 354 g/mol. The first kappa shape index (κ1) is 16.1. The number of aromatic nitrogens is 2. The van der Waals surface area contributed by atoms with Crippen molar-refractivity contribution in [1.29, 1.82) is 0 Å². The van der Waals surface area contributed by atoms with E-state index in [1.165, 1.54) is 0 Å². The molecule has 0 saturated carbocycles. The van der Waals surface area contributed by atoms with Gasteiger partial charge in [0.1, 0.15) is 5.82 Å². The number of fused-ring (bicyclic) bond motifs is 1. The molecule has 0 amide bonds. The van der Waals surface area contributed by atoms with Gasteiger partial charge in [-0.15, -0.1) is 0 Å². The third-order valence-electron chi connectivity index (χ3n) is 4.30. The van der Waals surface area contributed by atoms with Gasteiger partial charge in [-0.05, 0) is 44.2 Å². The molecule has 1 aromatic carbocycles. The molecule has 1 unspecified atom stereocenters. The maximum atomic E-state index is 4.66. The van der Waals surface area contributed by atoms with E-state index in [2.05, 4.69) is 49.4 Å². The Hall–Kier alpha value is -2.38. The Bertz CT molecular complexity index is 884. The second kappa shape index (κ2) is 6.85. The van der Waals surface area contributed by atoms with Gasteiger partial charge >= 0.3 is 0 Å². The third kappa shape index (κ3) is 3.67. The summed E-state index contributed by atoms with van der Waals surface area (Å²) >= 11 is 1.63. The first-order valence-electron chi connectivity index (χ1n) is 8.51.